The number of amides is 1. The van der Waals surface area contributed by atoms with Crippen LogP contribution in [-0.2, 0) is 22.3 Å². The number of benzene rings is 3. The highest BCUT2D eigenvalue weighted by molar-refractivity contribution is 6.46. The lowest BCUT2D eigenvalue weighted by molar-refractivity contribution is -0.140. The van der Waals surface area contributed by atoms with E-state index in [9.17, 15) is 27.9 Å². The number of carbonyl (C=O) groups is 2. The number of aliphatic hydroxyl groups is 1. The summed E-state index contributed by atoms with van der Waals surface area (Å²) in [6, 6.07) is 17.1. The van der Waals surface area contributed by atoms with Crippen molar-refractivity contribution in [2.24, 2.45) is 0 Å². The molecule has 0 spiro atoms. The average Bonchev–Trinajstić information content (AvgIpc) is 3.08. The summed E-state index contributed by atoms with van der Waals surface area (Å²) in [6.07, 6.45) is -4.55. The molecule has 1 fully saturated rings. The quantitative estimate of drug-likeness (QED) is 0.291. The number of nitrogens with zero attached hydrogens (tertiary/aromatic N) is 1. The Morgan fingerprint density at radius 1 is 1.00 bits per heavy atom. The van der Waals surface area contributed by atoms with Crippen molar-refractivity contribution >= 4 is 17.4 Å². The maximum absolute atomic E-state index is 13.2. The van der Waals surface area contributed by atoms with Gasteiger partial charge in [0.2, 0.25) is 0 Å². The zero-order chi connectivity index (χ0) is 25.3. The van der Waals surface area contributed by atoms with Gasteiger partial charge in [0, 0.05) is 12.1 Å². The van der Waals surface area contributed by atoms with E-state index in [4.69, 9.17) is 4.74 Å². The molecule has 1 N–H and O–H groups in total. The van der Waals surface area contributed by atoms with Crippen molar-refractivity contribution < 1.29 is 32.6 Å². The highest BCUT2D eigenvalue weighted by Gasteiger charge is 2.46. The summed E-state index contributed by atoms with van der Waals surface area (Å²) in [5.41, 5.74) is 0.759. The Hall–Kier alpha value is -4.07. The fraction of sp³-hybridized carbons (Fsp3) is 0.185. The number of halogens is 3. The third-order valence-electron chi connectivity index (χ3n) is 5.95. The molecule has 0 radical (unpaired) electrons. The molecule has 0 aliphatic carbocycles. The third-order valence-corrected chi connectivity index (χ3v) is 5.95. The van der Waals surface area contributed by atoms with Gasteiger partial charge in [-0.05, 0) is 53.9 Å². The van der Waals surface area contributed by atoms with E-state index in [1.807, 2.05) is 0 Å². The van der Waals surface area contributed by atoms with E-state index in [-0.39, 0.29) is 23.4 Å². The first kappa shape index (κ1) is 24.1. The molecule has 3 aromatic carbocycles. The molecule has 180 valence electrons. The molecule has 1 aliphatic heterocycles. The molecule has 1 amide bonds. The number of ketones is 1. The number of likely N-dealkylation sites (tertiary alicyclic amines) is 1. The van der Waals surface area contributed by atoms with Gasteiger partial charge in [-0.25, -0.2) is 0 Å². The largest absolute Gasteiger partial charge is 0.507 e. The molecule has 1 unspecified atom stereocenters. The highest BCUT2D eigenvalue weighted by atomic mass is 19.4. The zero-order valence-electron chi connectivity index (χ0n) is 19.0. The topological polar surface area (TPSA) is 66.8 Å². The van der Waals surface area contributed by atoms with Crippen molar-refractivity contribution in [3.05, 3.63) is 106 Å². The monoisotopic (exact) mass is 481 g/mol. The van der Waals surface area contributed by atoms with Crippen molar-refractivity contribution in [3.63, 3.8) is 0 Å². The molecule has 3 aromatic rings. The van der Waals surface area contributed by atoms with Gasteiger partial charge < -0.3 is 14.7 Å². The van der Waals surface area contributed by atoms with Crippen LogP contribution in [0, 0.1) is 6.92 Å². The van der Waals surface area contributed by atoms with Crippen molar-refractivity contribution in [2.45, 2.75) is 25.7 Å². The van der Waals surface area contributed by atoms with E-state index in [2.05, 4.69) is 0 Å². The first-order valence-electron chi connectivity index (χ1n) is 10.8. The Labute approximate surface area is 200 Å². The molecule has 1 heterocycles. The minimum Gasteiger partial charge on any atom is -0.507 e. The standard InChI is InChI=1S/C27H22F3NO4/c1-16-13-20(35-2)11-12-21(16)24(32)22-23(18-8-4-3-5-9-18)31(26(34)25(22)33)15-17-7-6-10-19(14-17)27(28,29)30/h3-14,23,32H,15H2,1-2H3/b24-22-. The number of carbonyl (C=O) groups excluding carboxylic acids is 2. The number of Topliss-reactive ketones (excluding diaryl/α,β-unsaturated/α-hetero) is 1. The summed E-state index contributed by atoms with van der Waals surface area (Å²) in [5.74, 6) is -1.60. The normalized spacial score (nSPS) is 17.6. The lowest BCUT2D eigenvalue weighted by Crippen LogP contribution is -2.29. The highest BCUT2D eigenvalue weighted by Crippen LogP contribution is 2.41. The SMILES string of the molecule is COc1ccc(/C(O)=C2/C(=O)C(=O)N(Cc3cccc(C(F)(F)F)c3)C2c2ccccc2)c(C)c1. The predicted octanol–water partition coefficient (Wildman–Crippen LogP) is 5.64. The Bertz CT molecular complexity index is 1320. The van der Waals surface area contributed by atoms with Gasteiger partial charge in [-0.3, -0.25) is 9.59 Å². The summed E-state index contributed by atoms with van der Waals surface area (Å²) < 4.78 is 44.9. The third kappa shape index (κ3) is 4.64. The van der Waals surface area contributed by atoms with Crippen LogP contribution in [0.15, 0.2) is 78.4 Å². The van der Waals surface area contributed by atoms with Gasteiger partial charge in [-0.15, -0.1) is 0 Å². The van der Waals surface area contributed by atoms with Crippen LogP contribution in [0.5, 0.6) is 5.75 Å². The number of hydrogen-bond donors (Lipinski definition) is 1. The molecule has 35 heavy (non-hydrogen) atoms. The van der Waals surface area contributed by atoms with Gasteiger partial charge >= 0.3 is 6.18 Å². The Morgan fingerprint density at radius 3 is 2.34 bits per heavy atom. The summed E-state index contributed by atoms with van der Waals surface area (Å²) >= 11 is 0. The summed E-state index contributed by atoms with van der Waals surface area (Å²) in [5, 5.41) is 11.2. The van der Waals surface area contributed by atoms with Gasteiger partial charge in [-0.2, -0.15) is 13.2 Å². The second-order valence-electron chi connectivity index (χ2n) is 8.22. The van der Waals surface area contributed by atoms with Crippen LogP contribution in [0.3, 0.4) is 0 Å². The Balaban J connectivity index is 1.84. The molecule has 1 saturated heterocycles. The number of aliphatic hydroxyl groups excluding tert-OH is 1. The molecular weight excluding hydrogens is 459 g/mol. The lowest BCUT2D eigenvalue weighted by Gasteiger charge is -2.26. The van der Waals surface area contributed by atoms with E-state index in [1.54, 1.807) is 55.5 Å². The molecule has 4 rings (SSSR count). The van der Waals surface area contributed by atoms with E-state index in [0.717, 1.165) is 12.1 Å². The summed E-state index contributed by atoms with van der Waals surface area (Å²) in [4.78, 5) is 27.4. The maximum Gasteiger partial charge on any atom is 0.416 e. The smallest absolute Gasteiger partial charge is 0.416 e. The minimum atomic E-state index is -4.55. The predicted molar refractivity (Wildman–Crippen MR) is 123 cm³/mol. The first-order valence-corrected chi connectivity index (χ1v) is 10.8. The number of methoxy groups -OCH3 is 1. The zero-order valence-corrected chi connectivity index (χ0v) is 19.0. The van der Waals surface area contributed by atoms with Crippen LogP contribution in [0.25, 0.3) is 5.76 Å². The maximum atomic E-state index is 13.2. The number of ether oxygens (including phenoxy) is 1. The minimum absolute atomic E-state index is 0.124. The number of hydrogen-bond acceptors (Lipinski definition) is 4. The van der Waals surface area contributed by atoms with Crippen LogP contribution in [0.2, 0.25) is 0 Å². The van der Waals surface area contributed by atoms with Crippen LogP contribution in [0.1, 0.15) is 33.9 Å². The molecule has 0 saturated carbocycles. The molecule has 1 atom stereocenters. The Morgan fingerprint density at radius 2 is 1.71 bits per heavy atom. The molecule has 5 nitrogen and oxygen atoms in total. The second-order valence-corrected chi connectivity index (χ2v) is 8.22. The van der Waals surface area contributed by atoms with Crippen molar-refractivity contribution in [1.29, 1.82) is 0 Å². The van der Waals surface area contributed by atoms with Crippen molar-refractivity contribution in [1.82, 2.24) is 4.90 Å². The Kier molecular flexibility index (Phi) is 6.39. The second kappa shape index (κ2) is 9.29. The van der Waals surface area contributed by atoms with E-state index in [0.29, 0.717) is 22.4 Å². The van der Waals surface area contributed by atoms with Gasteiger partial charge in [0.1, 0.15) is 11.5 Å². The molecule has 1 aliphatic rings. The van der Waals surface area contributed by atoms with Crippen molar-refractivity contribution in [3.8, 4) is 5.75 Å². The van der Waals surface area contributed by atoms with Gasteiger partial charge in [-0.1, -0.05) is 42.5 Å². The van der Waals surface area contributed by atoms with Gasteiger partial charge in [0.05, 0.1) is 24.3 Å². The summed E-state index contributed by atoms with van der Waals surface area (Å²) in [6.45, 7) is 1.49. The van der Waals surface area contributed by atoms with E-state index >= 15 is 0 Å². The molecular formula is C27H22F3NO4. The fourth-order valence-electron chi connectivity index (χ4n) is 4.24. The van der Waals surface area contributed by atoms with E-state index < -0.39 is 29.5 Å². The van der Waals surface area contributed by atoms with Crippen LogP contribution in [-0.4, -0.2) is 28.8 Å². The molecule has 8 heteroatoms. The number of aryl methyl sites for hydroxylation is 1. The number of rotatable bonds is 5. The van der Waals surface area contributed by atoms with Crippen molar-refractivity contribution in [2.75, 3.05) is 7.11 Å². The molecule has 0 aromatic heterocycles. The summed E-state index contributed by atoms with van der Waals surface area (Å²) in [7, 11) is 1.50. The van der Waals surface area contributed by atoms with Crippen LogP contribution < -0.4 is 4.74 Å². The van der Waals surface area contributed by atoms with Crippen LogP contribution >= 0.6 is 0 Å². The lowest BCUT2D eigenvalue weighted by atomic mass is 9.93. The molecule has 0 bridgehead atoms. The first-order chi connectivity index (χ1) is 16.6. The van der Waals surface area contributed by atoms with Crippen LogP contribution in [0.4, 0.5) is 13.2 Å². The average molecular weight is 481 g/mol. The fourth-order valence-corrected chi connectivity index (χ4v) is 4.24. The van der Waals surface area contributed by atoms with Gasteiger partial charge in [0.15, 0.2) is 0 Å². The van der Waals surface area contributed by atoms with Gasteiger partial charge in [0.25, 0.3) is 11.7 Å². The van der Waals surface area contributed by atoms with E-state index in [1.165, 1.54) is 24.1 Å². The number of alkyl halides is 3.